The Hall–Kier alpha value is -3.02. The first-order chi connectivity index (χ1) is 12.2. The highest BCUT2D eigenvalue weighted by Gasteiger charge is 2.04. The van der Waals surface area contributed by atoms with Crippen molar-refractivity contribution >= 4 is 11.9 Å². The van der Waals surface area contributed by atoms with Crippen LogP contribution in [0.5, 0.6) is 5.75 Å². The number of hydrogen-bond donors (Lipinski definition) is 3. The van der Waals surface area contributed by atoms with E-state index in [9.17, 15) is 4.79 Å². The molecule has 132 valence electrons. The van der Waals surface area contributed by atoms with Crippen LogP contribution in [0.15, 0.2) is 59.6 Å². The van der Waals surface area contributed by atoms with Crippen LogP contribution in [0.2, 0.25) is 0 Å². The fraction of sp³-hybridized carbons (Fsp3) is 0.263. The number of amides is 1. The lowest BCUT2D eigenvalue weighted by Crippen LogP contribution is -2.38. The second-order valence-electron chi connectivity index (χ2n) is 5.41. The van der Waals surface area contributed by atoms with Gasteiger partial charge < -0.3 is 21.1 Å². The Labute approximate surface area is 148 Å². The van der Waals surface area contributed by atoms with Crippen LogP contribution in [0.1, 0.15) is 15.9 Å². The molecular weight excluding hydrogens is 316 g/mol. The molecule has 6 heteroatoms. The van der Waals surface area contributed by atoms with E-state index in [1.165, 1.54) is 5.56 Å². The number of methoxy groups -OCH3 is 1. The number of carbonyl (C=O) groups is 1. The van der Waals surface area contributed by atoms with E-state index in [1.54, 1.807) is 31.4 Å². The molecule has 6 nitrogen and oxygen atoms in total. The Morgan fingerprint density at radius 1 is 1.04 bits per heavy atom. The standard InChI is InChI=1S/C19H24N4O2/c1-25-17-9-7-16(8-10-17)18(24)21-13-14-23-19(20)22-12-11-15-5-3-2-4-6-15/h2-10H,11-14H2,1H3,(H,21,24)(H3,20,22,23). The summed E-state index contributed by atoms with van der Waals surface area (Å²) < 4.78 is 5.07. The molecule has 0 radical (unpaired) electrons. The number of ether oxygens (including phenoxy) is 1. The molecule has 0 atom stereocenters. The smallest absolute Gasteiger partial charge is 0.251 e. The first-order valence-corrected chi connectivity index (χ1v) is 8.19. The molecule has 4 N–H and O–H groups in total. The van der Waals surface area contributed by atoms with Crippen LogP contribution in [0, 0.1) is 0 Å². The largest absolute Gasteiger partial charge is 0.497 e. The SMILES string of the molecule is COc1ccc(C(=O)NCCNC(N)=NCCc2ccccc2)cc1. The molecule has 0 aliphatic rings. The van der Waals surface area contributed by atoms with Gasteiger partial charge >= 0.3 is 0 Å². The third kappa shape index (κ3) is 6.55. The van der Waals surface area contributed by atoms with Gasteiger partial charge in [0.25, 0.3) is 5.91 Å². The minimum atomic E-state index is -0.135. The highest BCUT2D eigenvalue weighted by atomic mass is 16.5. The zero-order chi connectivity index (χ0) is 17.9. The minimum absolute atomic E-state index is 0.135. The zero-order valence-corrected chi connectivity index (χ0v) is 14.4. The van der Waals surface area contributed by atoms with Crippen molar-refractivity contribution < 1.29 is 9.53 Å². The molecule has 0 aliphatic carbocycles. The van der Waals surface area contributed by atoms with Gasteiger partial charge in [-0.15, -0.1) is 0 Å². The van der Waals surface area contributed by atoms with Crippen LogP contribution in [-0.4, -0.2) is 38.6 Å². The number of nitrogens with two attached hydrogens (primary N) is 1. The van der Waals surface area contributed by atoms with Crippen LogP contribution in [0.3, 0.4) is 0 Å². The molecule has 0 bridgehead atoms. The van der Waals surface area contributed by atoms with E-state index in [0.717, 1.165) is 12.2 Å². The first-order valence-electron chi connectivity index (χ1n) is 8.19. The zero-order valence-electron chi connectivity index (χ0n) is 14.4. The lowest BCUT2D eigenvalue weighted by Gasteiger charge is -2.08. The van der Waals surface area contributed by atoms with E-state index >= 15 is 0 Å². The second-order valence-corrected chi connectivity index (χ2v) is 5.41. The molecule has 25 heavy (non-hydrogen) atoms. The molecule has 2 aromatic rings. The second kappa shape index (κ2) is 9.97. The Bertz CT molecular complexity index is 684. The Balaban J connectivity index is 1.64. The molecule has 2 aromatic carbocycles. The van der Waals surface area contributed by atoms with Gasteiger partial charge in [-0.25, -0.2) is 0 Å². The van der Waals surface area contributed by atoms with Crippen LogP contribution in [-0.2, 0) is 6.42 Å². The fourth-order valence-electron chi connectivity index (χ4n) is 2.22. The average molecular weight is 340 g/mol. The summed E-state index contributed by atoms with van der Waals surface area (Å²) in [5, 5.41) is 5.81. The topological polar surface area (TPSA) is 88.7 Å². The summed E-state index contributed by atoms with van der Waals surface area (Å²) in [6, 6.07) is 17.1. The van der Waals surface area contributed by atoms with Crippen molar-refractivity contribution in [1.29, 1.82) is 0 Å². The van der Waals surface area contributed by atoms with Crippen molar-refractivity contribution in [3.8, 4) is 5.75 Å². The highest BCUT2D eigenvalue weighted by molar-refractivity contribution is 5.94. The molecule has 0 spiro atoms. The maximum atomic E-state index is 12.0. The molecule has 0 saturated heterocycles. The monoisotopic (exact) mass is 340 g/mol. The van der Waals surface area contributed by atoms with Gasteiger partial charge in [-0.05, 0) is 36.2 Å². The quantitative estimate of drug-likeness (QED) is 0.387. The molecule has 2 rings (SSSR count). The van der Waals surface area contributed by atoms with Crippen molar-refractivity contribution in [2.45, 2.75) is 6.42 Å². The molecule has 0 fully saturated rings. The van der Waals surface area contributed by atoms with Crippen molar-refractivity contribution in [3.63, 3.8) is 0 Å². The van der Waals surface area contributed by atoms with Crippen LogP contribution >= 0.6 is 0 Å². The van der Waals surface area contributed by atoms with E-state index in [-0.39, 0.29) is 5.91 Å². The number of guanidine groups is 1. The highest BCUT2D eigenvalue weighted by Crippen LogP contribution is 2.10. The summed E-state index contributed by atoms with van der Waals surface area (Å²) in [4.78, 5) is 16.2. The van der Waals surface area contributed by atoms with E-state index in [2.05, 4.69) is 27.8 Å². The molecule has 0 aliphatic heterocycles. The van der Waals surface area contributed by atoms with Crippen molar-refractivity contribution in [3.05, 3.63) is 65.7 Å². The van der Waals surface area contributed by atoms with E-state index < -0.39 is 0 Å². The molecule has 0 aromatic heterocycles. The number of hydrogen-bond acceptors (Lipinski definition) is 3. The number of rotatable bonds is 8. The average Bonchev–Trinajstić information content (AvgIpc) is 2.66. The maximum absolute atomic E-state index is 12.0. The summed E-state index contributed by atoms with van der Waals surface area (Å²) in [5.74, 6) is 0.969. The minimum Gasteiger partial charge on any atom is -0.497 e. The predicted octanol–water partition coefficient (Wildman–Crippen LogP) is 1.57. The van der Waals surface area contributed by atoms with Crippen LogP contribution in [0.25, 0.3) is 0 Å². The first kappa shape index (κ1) is 18.3. The number of benzene rings is 2. The van der Waals surface area contributed by atoms with Gasteiger partial charge in [-0.3, -0.25) is 9.79 Å². The number of nitrogens with one attached hydrogen (secondary N) is 2. The lowest BCUT2D eigenvalue weighted by molar-refractivity contribution is 0.0954. The third-order valence-corrected chi connectivity index (χ3v) is 3.59. The van der Waals surface area contributed by atoms with Gasteiger partial charge in [0, 0.05) is 25.2 Å². The van der Waals surface area contributed by atoms with Gasteiger partial charge in [0.1, 0.15) is 5.75 Å². The third-order valence-electron chi connectivity index (χ3n) is 3.59. The Morgan fingerprint density at radius 2 is 1.72 bits per heavy atom. The normalized spacial score (nSPS) is 11.0. The molecular formula is C19H24N4O2. The van der Waals surface area contributed by atoms with Crippen LogP contribution < -0.4 is 21.1 Å². The summed E-state index contributed by atoms with van der Waals surface area (Å²) >= 11 is 0. The van der Waals surface area contributed by atoms with E-state index in [4.69, 9.17) is 10.5 Å². The van der Waals surface area contributed by atoms with Gasteiger partial charge in [0.2, 0.25) is 0 Å². The summed E-state index contributed by atoms with van der Waals surface area (Å²) in [6.07, 6.45) is 0.845. The van der Waals surface area contributed by atoms with Gasteiger partial charge in [0.15, 0.2) is 5.96 Å². The molecule has 0 heterocycles. The summed E-state index contributed by atoms with van der Waals surface area (Å²) in [7, 11) is 1.59. The van der Waals surface area contributed by atoms with Crippen molar-refractivity contribution in [2.75, 3.05) is 26.7 Å². The van der Waals surface area contributed by atoms with Crippen molar-refractivity contribution in [1.82, 2.24) is 10.6 Å². The Kier molecular flexibility index (Phi) is 7.31. The van der Waals surface area contributed by atoms with Crippen molar-refractivity contribution in [2.24, 2.45) is 10.7 Å². The maximum Gasteiger partial charge on any atom is 0.251 e. The van der Waals surface area contributed by atoms with Gasteiger partial charge in [0.05, 0.1) is 7.11 Å². The van der Waals surface area contributed by atoms with Crippen LogP contribution in [0.4, 0.5) is 0 Å². The van der Waals surface area contributed by atoms with E-state index in [1.807, 2.05) is 18.2 Å². The predicted molar refractivity (Wildman–Crippen MR) is 100.0 cm³/mol. The number of aliphatic imine (C=N–C) groups is 1. The number of nitrogens with zero attached hydrogens (tertiary/aromatic N) is 1. The summed E-state index contributed by atoms with van der Waals surface area (Å²) in [5.41, 5.74) is 7.63. The summed E-state index contributed by atoms with van der Waals surface area (Å²) in [6.45, 7) is 1.60. The number of carbonyl (C=O) groups excluding carboxylic acids is 1. The van der Waals surface area contributed by atoms with E-state index in [0.29, 0.717) is 31.2 Å². The lowest BCUT2D eigenvalue weighted by atomic mass is 10.2. The fourth-order valence-corrected chi connectivity index (χ4v) is 2.22. The molecule has 1 amide bonds. The van der Waals surface area contributed by atoms with Gasteiger partial charge in [-0.1, -0.05) is 30.3 Å². The Morgan fingerprint density at radius 3 is 2.40 bits per heavy atom. The molecule has 0 saturated carbocycles. The van der Waals surface area contributed by atoms with Gasteiger partial charge in [-0.2, -0.15) is 0 Å². The molecule has 0 unspecified atom stereocenters.